The number of nitrogens with zero attached hydrogens (tertiary/aromatic N) is 3. The molecule has 9 heavy (non-hydrogen) atoms. The Labute approximate surface area is 52.9 Å². The molecule has 0 aromatic carbocycles. The summed E-state index contributed by atoms with van der Waals surface area (Å²) in [5, 5.41) is 11.0. The van der Waals surface area contributed by atoms with Crippen LogP contribution in [0.25, 0.3) is 0 Å². The minimum absolute atomic E-state index is 0.518. The summed E-state index contributed by atoms with van der Waals surface area (Å²) in [5.74, 6) is 0. The van der Waals surface area contributed by atoms with Gasteiger partial charge in [-0.05, 0) is 6.08 Å². The maximum Gasteiger partial charge on any atom is 0.106 e. The van der Waals surface area contributed by atoms with Crippen molar-refractivity contribution in [3.63, 3.8) is 0 Å². The molecular weight excluding hydrogens is 118 g/mol. The number of hydrogen-bond acceptors (Lipinski definition) is 4. The van der Waals surface area contributed by atoms with Crippen LogP contribution < -0.4 is 0 Å². The summed E-state index contributed by atoms with van der Waals surface area (Å²) in [7, 11) is 1.51. The van der Waals surface area contributed by atoms with Gasteiger partial charge in [0.25, 0.3) is 0 Å². The van der Waals surface area contributed by atoms with E-state index in [1.54, 1.807) is 12.3 Å². The monoisotopic (exact) mass is 125 g/mol. The summed E-state index contributed by atoms with van der Waals surface area (Å²) in [6.07, 6.45) is 3.35. The maximum absolute atomic E-state index is 4.52. The van der Waals surface area contributed by atoms with Gasteiger partial charge in [0.1, 0.15) is 19.4 Å². The van der Waals surface area contributed by atoms with Crippen molar-refractivity contribution in [2.24, 2.45) is 15.4 Å². The lowest BCUT2D eigenvalue weighted by molar-refractivity contribution is 0.213. The summed E-state index contributed by atoms with van der Waals surface area (Å²) >= 11 is 0. The first-order valence-electron chi connectivity index (χ1n) is 2.56. The Morgan fingerprint density at radius 1 is 1.78 bits per heavy atom. The second kappa shape index (κ2) is 2.96. The minimum atomic E-state index is 0.518. The molecule has 1 rings (SSSR count). The highest BCUT2D eigenvalue weighted by Gasteiger charge is 1.95. The number of azo groups is 1. The predicted octanol–water partition coefficient (Wildman–Crippen LogP) is 0.968. The van der Waals surface area contributed by atoms with E-state index in [2.05, 4.69) is 20.2 Å². The third kappa shape index (κ3) is 1.64. The van der Waals surface area contributed by atoms with Crippen LogP contribution in [0.4, 0.5) is 0 Å². The van der Waals surface area contributed by atoms with Crippen LogP contribution in [0.1, 0.15) is 0 Å². The Bertz CT molecular complexity index is 171. The summed E-state index contributed by atoms with van der Waals surface area (Å²) in [6.45, 7) is 0.518. The lowest BCUT2D eigenvalue weighted by Crippen LogP contribution is -2.00. The van der Waals surface area contributed by atoms with Crippen LogP contribution in [0.5, 0.6) is 0 Å². The highest BCUT2D eigenvalue weighted by Crippen LogP contribution is 1.93. The number of oxime groups is 1. The fourth-order valence-corrected chi connectivity index (χ4v) is 0.509. The van der Waals surface area contributed by atoms with Crippen LogP contribution in [-0.4, -0.2) is 19.4 Å². The summed E-state index contributed by atoms with van der Waals surface area (Å²) in [6, 6.07) is 0. The fraction of sp³-hybridized carbons (Fsp3) is 0.400. The van der Waals surface area contributed by atoms with E-state index in [0.29, 0.717) is 6.54 Å². The molecule has 1 aliphatic rings. The van der Waals surface area contributed by atoms with Crippen LogP contribution in [-0.2, 0) is 4.84 Å². The highest BCUT2D eigenvalue weighted by atomic mass is 16.6. The molecule has 1 heterocycles. The third-order valence-electron chi connectivity index (χ3n) is 0.856. The van der Waals surface area contributed by atoms with Gasteiger partial charge in [0.2, 0.25) is 0 Å². The molecule has 4 nitrogen and oxygen atoms in total. The molecule has 4 heteroatoms. The molecular formula is C5H7N3O. The second-order valence-corrected chi connectivity index (χ2v) is 1.50. The van der Waals surface area contributed by atoms with Crippen LogP contribution in [0.2, 0.25) is 0 Å². The fourth-order valence-electron chi connectivity index (χ4n) is 0.509. The van der Waals surface area contributed by atoms with E-state index in [0.717, 1.165) is 5.71 Å². The molecule has 0 aromatic heterocycles. The van der Waals surface area contributed by atoms with Gasteiger partial charge in [-0.2, -0.15) is 10.2 Å². The van der Waals surface area contributed by atoms with Crippen molar-refractivity contribution in [2.45, 2.75) is 0 Å². The van der Waals surface area contributed by atoms with Gasteiger partial charge in [-0.15, -0.1) is 0 Å². The zero-order chi connectivity index (χ0) is 6.53. The Kier molecular flexibility index (Phi) is 1.95. The molecule has 0 atom stereocenters. The van der Waals surface area contributed by atoms with Gasteiger partial charge in [-0.1, -0.05) is 5.16 Å². The van der Waals surface area contributed by atoms with Crippen molar-refractivity contribution in [2.75, 3.05) is 13.7 Å². The molecule has 0 aromatic rings. The van der Waals surface area contributed by atoms with Gasteiger partial charge in [0.05, 0.1) is 6.20 Å². The molecule has 0 saturated carbocycles. The molecule has 0 saturated heterocycles. The van der Waals surface area contributed by atoms with Gasteiger partial charge in [-0.3, -0.25) is 0 Å². The predicted molar refractivity (Wildman–Crippen MR) is 33.3 cm³/mol. The Morgan fingerprint density at radius 2 is 2.67 bits per heavy atom. The van der Waals surface area contributed by atoms with E-state index in [1.807, 2.05) is 0 Å². The van der Waals surface area contributed by atoms with Gasteiger partial charge in [-0.25, -0.2) is 0 Å². The zero-order valence-corrected chi connectivity index (χ0v) is 5.11. The van der Waals surface area contributed by atoms with Gasteiger partial charge < -0.3 is 4.84 Å². The highest BCUT2D eigenvalue weighted by molar-refractivity contribution is 5.96. The first-order chi connectivity index (χ1) is 4.43. The Balaban J connectivity index is 2.55. The number of hydrogen-bond donors (Lipinski definition) is 0. The van der Waals surface area contributed by atoms with Crippen LogP contribution >= 0.6 is 0 Å². The van der Waals surface area contributed by atoms with Crippen LogP contribution in [0.15, 0.2) is 27.7 Å². The summed E-state index contributed by atoms with van der Waals surface area (Å²) in [4.78, 5) is 4.52. The van der Waals surface area contributed by atoms with Crippen molar-refractivity contribution in [3.05, 3.63) is 12.3 Å². The van der Waals surface area contributed by atoms with Crippen LogP contribution in [0.3, 0.4) is 0 Å². The van der Waals surface area contributed by atoms with Gasteiger partial charge in [0.15, 0.2) is 0 Å². The average molecular weight is 125 g/mol. The molecule has 0 amide bonds. The third-order valence-corrected chi connectivity index (χ3v) is 0.856. The lowest BCUT2D eigenvalue weighted by atomic mass is 10.3. The van der Waals surface area contributed by atoms with Crippen molar-refractivity contribution in [1.82, 2.24) is 0 Å². The topological polar surface area (TPSA) is 46.3 Å². The SMILES string of the molecule is CON=C1C=CN=NC1. The largest absolute Gasteiger partial charge is 0.399 e. The number of rotatable bonds is 1. The lowest BCUT2D eigenvalue weighted by Gasteiger charge is -1.96. The maximum atomic E-state index is 4.52. The van der Waals surface area contributed by atoms with E-state index in [1.165, 1.54) is 7.11 Å². The Morgan fingerprint density at radius 3 is 3.22 bits per heavy atom. The van der Waals surface area contributed by atoms with E-state index in [9.17, 15) is 0 Å². The van der Waals surface area contributed by atoms with Crippen molar-refractivity contribution < 1.29 is 4.84 Å². The van der Waals surface area contributed by atoms with Gasteiger partial charge >= 0.3 is 0 Å². The van der Waals surface area contributed by atoms with E-state index in [4.69, 9.17) is 0 Å². The van der Waals surface area contributed by atoms with E-state index < -0.39 is 0 Å². The van der Waals surface area contributed by atoms with Crippen molar-refractivity contribution in [3.8, 4) is 0 Å². The average Bonchev–Trinajstić information content (AvgIpc) is 1.91. The molecule has 48 valence electrons. The van der Waals surface area contributed by atoms with Gasteiger partial charge in [0, 0.05) is 0 Å². The first kappa shape index (κ1) is 5.94. The molecule has 1 aliphatic heterocycles. The van der Waals surface area contributed by atoms with Crippen molar-refractivity contribution in [1.29, 1.82) is 0 Å². The van der Waals surface area contributed by atoms with Crippen molar-refractivity contribution >= 4 is 5.71 Å². The summed E-state index contributed by atoms with van der Waals surface area (Å²) in [5.41, 5.74) is 0.799. The standard InChI is InChI=1S/C5H7N3O/c1-9-8-5-2-3-6-7-4-5/h2-3H,4H2,1H3. The molecule has 0 unspecified atom stereocenters. The molecule has 0 N–H and O–H groups in total. The molecule has 0 aliphatic carbocycles. The smallest absolute Gasteiger partial charge is 0.106 e. The zero-order valence-electron chi connectivity index (χ0n) is 5.11. The normalized spacial score (nSPS) is 20.8. The first-order valence-corrected chi connectivity index (χ1v) is 2.56. The molecule has 0 fully saturated rings. The minimum Gasteiger partial charge on any atom is -0.399 e. The molecule has 0 spiro atoms. The van der Waals surface area contributed by atoms with E-state index in [-0.39, 0.29) is 0 Å². The summed E-state index contributed by atoms with van der Waals surface area (Å²) < 4.78 is 0. The molecule has 0 radical (unpaired) electrons. The quantitative estimate of drug-likeness (QED) is 0.481. The molecule has 0 bridgehead atoms. The Hall–Kier alpha value is -1.19. The second-order valence-electron chi connectivity index (χ2n) is 1.50. The van der Waals surface area contributed by atoms with E-state index >= 15 is 0 Å². The van der Waals surface area contributed by atoms with Crippen LogP contribution in [0, 0.1) is 0 Å².